The van der Waals surface area contributed by atoms with Crippen molar-refractivity contribution in [1.29, 1.82) is 0 Å². The van der Waals surface area contributed by atoms with E-state index in [0.717, 1.165) is 22.1 Å². The maximum absolute atomic E-state index is 12.9. The summed E-state index contributed by atoms with van der Waals surface area (Å²) in [6.45, 7) is 3.82. The minimum Gasteiger partial charge on any atom is -0.507 e. The lowest BCUT2D eigenvalue weighted by molar-refractivity contribution is 0.0982. The summed E-state index contributed by atoms with van der Waals surface area (Å²) in [5.74, 6) is -0.0992. The number of fused-ring (bicyclic) bond motifs is 2. The molecule has 2 aromatic heterocycles. The van der Waals surface area contributed by atoms with Crippen LogP contribution in [0.5, 0.6) is 5.75 Å². The van der Waals surface area contributed by atoms with Gasteiger partial charge in [-0.25, -0.2) is 4.98 Å². The van der Waals surface area contributed by atoms with Crippen LogP contribution in [0.3, 0.4) is 0 Å². The standard InChI is InChI=1S/C26H19Cl2N3O3S2/c1-3-13-4-7-19-18(9-13)30-25(34-19)17-11-15(8-12(2)22(17)32)29-26(35)31-24(33)23-21(28)16-6-5-14(27)10-20(16)36-23/h4-11,32H,3H2,1-2H3,(H2,29,31,33,35). The molecule has 0 spiro atoms. The number of phenols is 1. The third-order valence-electron chi connectivity index (χ3n) is 5.67. The molecule has 0 aliphatic rings. The number of aromatic nitrogens is 1. The normalized spacial score (nSPS) is 11.2. The number of hydrogen-bond donors (Lipinski definition) is 3. The van der Waals surface area contributed by atoms with E-state index in [1.165, 1.54) is 11.3 Å². The first-order valence-electron chi connectivity index (χ1n) is 11.0. The van der Waals surface area contributed by atoms with Gasteiger partial charge in [-0.2, -0.15) is 0 Å². The summed E-state index contributed by atoms with van der Waals surface area (Å²) >= 11 is 19.1. The number of hydrogen-bond acceptors (Lipinski definition) is 6. The zero-order valence-corrected chi connectivity index (χ0v) is 22.3. The van der Waals surface area contributed by atoms with Gasteiger partial charge in [0.05, 0.1) is 10.6 Å². The quantitative estimate of drug-likeness (QED) is 0.155. The minimum atomic E-state index is -0.434. The number of phenolic OH excluding ortho intramolecular Hbond substituents is 1. The number of oxazole rings is 1. The van der Waals surface area contributed by atoms with Crippen molar-refractivity contribution in [2.45, 2.75) is 20.3 Å². The lowest BCUT2D eigenvalue weighted by Gasteiger charge is -2.12. The number of thiocarbonyl (C=S) groups is 1. The molecule has 0 bridgehead atoms. The highest BCUT2D eigenvalue weighted by atomic mass is 35.5. The second kappa shape index (κ2) is 9.71. The molecule has 3 N–H and O–H groups in total. The summed E-state index contributed by atoms with van der Waals surface area (Å²) in [6.07, 6.45) is 0.880. The molecule has 5 aromatic rings. The second-order valence-corrected chi connectivity index (χ2v) is 10.4. The fourth-order valence-electron chi connectivity index (χ4n) is 3.83. The zero-order valence-electron chi connectivity index (χ0n) is 19.1. The van der Waals surface area contributed by atoms with E-state index in [9.17, 15) is 9.90 Å². The van der Waals surface area contributed by atoms with Crippen molar-refractivity contribution in [1.82, 2.24) is 10.3 Å². The van der Waals surface area contributed by atoms with Crippen molar-refractivity contribution < 1.29 is 14.3 Å². The average molecular weight is 556 g/mol. The van der Waals surface area contributed by atoms with Gasteiger partial charge in [0, 0.05) is 20.8 Å². The van der Waals surface area contributed by atoms with Gasteiger partial charge in [-0.1, -0.05) is 42.3 Å². The lowest BCUT2D eigenvalue weighted by atomic mass is 10.1. The molecule has 0 saturated carbocycles. The Morgan fingerprint density at radius 2 is 1.97 bits per heavy atom. The fourth-order valence-corrected chi connectivity index (χ4v) is 5.73. The first-order chi connectivity index (χ1) is 17.2. The lowest BCUT2D eigenvalue weighted by Crippen LogP contribution is -2.33. The van der Waals surface area contributed by atoms with E-state index in [2.05, 4.69) is 22.5 Å². The van der Waals surface area contributed by atoms with Crippen LogP contribution in [-0.4, -0.2) is 21.1 Å². The van der Waals surface area contributed by atoms with E-state index in [4.69, 9.17) is 39.8 Å². The number of aryl methyl sites for hydroxylation is 2. The van der Waals surface area contributed by atoms with E-state index in [1.54, 1.807) is 37.3 Å². The number of anilines is 1. The number of nitrogens with one attached hydrogen (secondary N) is 2. The number of amides is 1. The molecule has 5 rings (SSSR count). The molecule has 182 valence electrons. The van der Waals surface area contributed by atoms with Gasteiger partial charge in [0.2, 0.25) is 5.89 Å². The summed E-state index contributed by atoms with van der Waals surface area (Å²) in [4.78, 5) is 17.8. The van der Waals surface area contributed by atoms with Crippen molar-refractivity contribution in [3.63, 3.8) is 0 Å². The Balaban J connectivity index is 1.39. The minimum absolute atomic E-state index is 0.0495. The highest BCUT2D eigenvalue weighted by Crippen LogP contribution is 2.38. The van der Waals surface area contributed by atoms with Crippen molar-refractivity contribution >= 4 is 84.6 Å². The highest BCUT2D eigenvalue weighted by molar-refractivity contribution is 7.80. The Hall–Kier alpha value is -3.17. The number of carbonyl (C=O) groups excluding carboxylic acids is 1. The number of carbonyl (C=O) groups is 1. The van der Waals surface area contributed by atoms with Gasteiger partial charge in [-0.05, 0) is 73.1 Å². The molecular weight excluding hydrogens is 537 g/mol. The molecule has 0 atom stereocenters. The fraction of sp³-hybridized carbons (Fsp3) is 0.115. The number of aromatic hydroxyl groups is 1. The Morgan fingerprint density at radius 3 is 2.75 bits per heavy atom. The van der Waals surface area contributed by atoms with Crippen LogP contribution in [0.15, 0.2) is 52.9 Å². The van der Waals surface area contributed by atoms with Gasteiger partial charge in [0.1, 0.15) is 16.1 Å². The number of benzene rings is 3. The number of halogens is 2. The topological polar surface area (TPSA) is 87.4 Å². The number of thiophene rings is 1. The van der Waals surface area contributed by atoms with Crippen molar-refractivity contribution in [3.05, 3.63) is 74.6 Å². The molecule has 2 heterocycles. The summed E-state index contributed by atoms with van der Waals surface area (Å²) in [7, 11) is 0. The maximum atomic E-state index is 12.9. The molecular formula is C26H19Cl2N3O3S2. The van der Waals surface area contributed by atoms with Crippen LogP contribution in [0.4, 0.5) is 5.69 Å². The van der Waals surface area contributed by atoms with Crippen LogP contribution in [0, 0.1) is 6.92 Å². The van der Waals surface area contributed by atoms with Crippen LogP contribution in [0.1, 0.15) is 27.7 Å². The van der Waals surface area contributed by atoms with Crippen LogP contribution < -0.4 is 10.6 Å². The molecule has 0 unspecified atom stereocenters. The van der Waals surface area contributed by atoms with E-state index in [-0.39, 0.29) is 16.8 Å². The number of rotatable bonds is 4. The third kappa shape index (κ3) is 4.65. The van der Waals surface area contributed by atoms with E-state index in [0.29, 0.717) is 42.8 Å². The SMILES string of the molecule is CCc1ccc2oc(-c3cc(NC(=S)NC(=O)c4sc5cc(Cl)ccc5c4Cl)cc(C)c3O)nc2c1. The maximum Gasteiger partial charge on any atom is 0.269 e. The van der Waals surface area contributed by atoms with Gasteiger partial charge in [0.25, 0.3) is 5.91 Å². The molecule has 6 nitrogen and oxygen atoms in total. The van der Waals surface area contributed by atoms with Crippen LogP contribution in [0.25, 0.3) is 32.6 Å². The average Bonchev–Trinajstić information content (AvgIpc) is 3.41. The first-order valence-corrected chi connectivity index (χ1v) is 12.9. The molecule has 0 radical (unpaired) electrons. The van der Waals surface area contributed by atoms with Crippen molar-refractivity contribution in [2.75, 3.05) is 5.32 Å². The molecule has 0 fully saturated rings. The molecule has 3 aromatic carbocycles. The number of nitrogens with zero attached hydrogens (tertiary/aromatic N) is 1. The van der Waals surface area contributed by atoms with Crippen LogP contribution >= 0.6 is 46.8 Å². The van der Waals surface area contributed by atoms with E-state index in [1.807, 2.05) is 18.2 Å². The molecule has 1 amide bonds. The van der Waals surface area contributed by atoms with Gasteiger partial charge in [-0.15, -0.1) is 11.3 Å². The van der Waals surface area contributed by atoms with Gasteiger partial charge in [0.15, 0.2) is 10.7 Å². The predicted octanol–water partition coefficient (Wildman–Crippen LogP) is 7.72. The zero-order chi connectivity index (χ0) is 25.6. The molecule has 10 heteroatoms. The summed E-state index contributed by atoms with van der Waals surface area (Å²) in [6, 6.07) is 14.5. The third-order valence-corrected chi connectivity index (χ3v) is 7.77. The van der Waals surface area contributed by atoms with Crippen LogP contribution in [0.2, 0.25) is 10.0 Å². The van der Waals surface area contributed by atoms with Gasteiger partial charge in [-0.3, -0.25) is 10.1 Å². The second-order valence-electron chi connectivity index (χ2n) is 8.16. The Kier molecular flexibility index (Phi) is 6.61. The Bertz CT molecular complexity index is 1680. The van der Waals surface area contributed by atoms with Crippen LogP contribution in [-0.2, 0) is 6.42 Å². The highest BCUT2D eigenvalue weighted by Gasteiger charge is 2.20. The van der Waals surface area contributed by atoms with Gasteiger partial charge >= 0.3 is 0 Å². The summed E-state index contributed by atoms with van der Waals surface area (Å²) < 4.78 is 6.70. The molecule has 0 saturated heterocycles. The summed E-state index contributed by atoms with van der Waals surface area (Å²) in [5.41, 5.74) is 4.03. The van der Waals surface area contributed by atoms with E-state index < -0.39 is 5.91 Å². The molecule has 0 aliphatic carbocycles. The predicted molar refractivity (Wildman–Crippen MR) is 151 cm³/mol. The largest absolute Gasteiger partial charge is 0.507 e. The smallest absolute Gasteiger partial charge is 0.269 e. The molecule has 36 heavy (non-hydrogen) atoms. The summed E-state index contributed by atoms with van der Waals surface area (Å²) in [5, 5.41) is 18.1. The Labute approximate surface area is 225 Å². The van der Waals surface area contributed by atoms with Crippen molar-refractivity contribution in [2.24, 2.45) is 0 Å². The molecule has 0 aliphatic heterocycles. The first kappa shape index (κ1) is 24.5. The van der Waals surface area contributed by atoms with Gasteiger partial charge < -0.3 is 14.8 Å². The van der Waals surface area contributed by atoms with E-state index >= 15 is 0 Å². The monoisotopic (exact) mass is 555 g/mol. The van der Waals surface area contributed by atoms with Crippen molar-refractivity contribution in [3.8, 4) is 17.2 Å². The Morgan fingerprint density at radius 1 is 1.17 bits per heavy atom.